The van der Waals surface area contributed by atoms with E-state index < -0.39 is 0 Å². The van der Waals surface area contributed by atoms with E-state index >= 15 is 0 Å². The summed E-state index contributed by atoms with van der Waals surface area (Å²) < 4.78 is 13.0. The summed E-state index contributed by atoms with van der Waals surface area (Å²) in [7, 11) is 0. The zero-order valence-electron chi connectivity index (χ0n) is 9.45. The molecule has 2 nitrogen and oxygen atoms in total. The van der Waals surface area contributed by atoms with Crippen LogP contribution in [0.15, 0.2) is 24.3 Å². The molecule has 0 aliphatic heterocycles. The number of nitrogens with one attached hydrogen (secondary N) is 1. The molecule has 0 bridgehead atoms. The minimum absolute atomic E-state index is 0.174. The Labute approximate surface area is 96.0 Å². The van der Waals surface area contributed by atoms with Crippen LogP contribution in [0.2, 0.25) is 0 Å². The molecule has 0 spiro atoms. The standard InChI is InChI=1S/C13H19FN2/c14-11-5-3-4-10(8-11)9-16-13-7-2-1-6-12(13)15/h3-5,8,12-13,16H,1-2,6-7,9,15H2/t12?,13-/m1/s1. The van der Waals surface area contributed by atoms with Gasteiger partial charge in [-0.15, -0.1) is 0 Å². The van der Waals surface area contributed by atoms with Crippen LogP contribution in [0, 0.1) is 5.82 Å². The summed E-state index contributed by atoms with van der Waals surface area (Å²) in [5, 5.41) is 3.42. The summed E-state index contributed by atoms with van der Waals surface area (Å²) in [6.07, 6.45) is 4.71. The molecule has 0 aromatic heterocycles. The Morgan fingerprint density at radius 3 is 2.88 bits per heavy atom. The van der Waals surface area contributed by atoms with Crippen molar-refractivity contribution in [2.75, 3.05) is 0 Å². The third-order valence-corrected chi connectivity index (χ3v) is 3.28. The Hall–Kier alpha value is -0.930. The smallest absolute Gasteiger partial charge is 0.123 e. The van der Waals surface area contributed by atoms with Crippen molar-refractivity contribution in [3.05, 3.63) is 35.6 Å². The van der Waals surface area contributed by atoms with Crippen molar-refractivity contribution < 1.29 is 4.39 Å². The third-order valence-electron chi connectivity index (χ3n) is 3.28. The van der Waals surface area contributed by atoms with Gasteiger partial charge in [-0.05, 0) is 30.5 Å². The van der Waals surface area contributed by atoms with E-state index in [1.807, 2.05) is 6.07 Å². The van der Waals surface area contributed by atoms with Gasteiger partial charge >= 0.3 is 0 Å². The lowest BCUT2D eigenvalue weighted by atomic mass is 9.91. The van der Waals surface area contributed by atoms with Gasteiger partial charge in [-0.2, -0.15) is 0 Å². The molecule has 1 aliphatic rings. The van der Waals surface area contributed by atoms with Gasteiger partial charge in [-0.3, -0.25) is 0 Å². The van der Waals surface area contributed by atoms with Crippen molar-refractivity contribution in [3.8, 4) is 0 Å². The minimum Gasteiger partial charge on any atom is -0.326 e. The maximum Gasteiger partial charge on any atom is 0.123 e. The molecule has 1 fully saturated rings. The molecule has 3 N–H and O–H groups in total. The number of hydrogen-bond acceptors (Lipinski definition) is 2. The Morgan fingerprint density at radius 1 is 1.31 bits per heavy atom. The van der Waals surface area contributed by atoms with Crippen molar-refractivity contribution in [2.45, 2.75) is 44.3 Å². The fourth-order valence-electron chi connectivity index (χ4n) is 2.31. The van der Waals surface area contributed by atoms with Crippen LogP contribution in [0.5, 0.6) is 0 Å². The molecule has 1 aromatic rings. The number of benzene rings is 1. The highest BCUT2D eigenvalue weighted by atomic mass is 19.1. The largest absolute Gasteiger partial charge is 0.326 e. The van der Waals surface area contributed by atoms with Crippen molar-refractivity contribution in [2.24, 2.45) is 5.73 Å². The third kappa shape index (κ3) is 3.03. The zero-order valence-corrected chi connectivity index (χ0v) is 9.45. The Balaban J connectivity index is 1.86. The van der Waals surface area contributed by atoms with E-state index in [9.17, 15) is 4.39 Å². The predicted octanol–water partition coefficient (Wildman–Crippen LogP) is 2.19. The molecule has 0 amide bonds. The molecule has 16 heavy (non-hydrogen) atoms. The molecule has 88 valence electrons. The van der Waals surface area contributed by atoms with E-state index in [0.29, 0.717) is 12.6 Å². The van der Waals surface area contributed by atoms with Gasteiger partial charge in [0.1, 0.15) is 5.82 Å². The second-order valence-corrected chi connectivity index (χ2v) is 4.57. The van der Waals surface area contributed by atoms with Gasteiger partial charge in [0.15, 0.2) is 0 Å². The van der Waals surface area contributed by atoms with E-state index in [-0.39, 0.29) is 11.9 Å². The quantitative estimate of drug-likeness (QED) is 0.822. The molecule has 2 rings (SSSR count). The molecule has 0 saturated heterocycles. The summed E-state index contributed by atoms with van der Waals surface area (Å²) in [6, 6.07) is 7.36. The van der Waals surface area contributed by atoms with Gasteiger partial charge in [-0.1, -0.05) is 25.0 Å². The van der Waals surface area contributed by atoms with Crippen LogP contribution < -0.4 is 11.1 Å². The summed E-state index contributed by atoms with van der Waals surface area (Å²) in [5.41, 5.74) is 7.02. The van der Waals surface area contributed by atoms with Crippen LogP contribution in [-0.4, -0.2) is 12.1 Å². The maximum absolute atomic E-state index is 13.0. The van der Waals surface area contributed by atoms with Crippen LogP contribution in [-0.2, 0) is 6.54 Å². The van der Waals surface area contributed by atoms with E-state index in [1.165, 1.54) is 18.9 Å². The lowest BCUT2D eigenvalue weighted by Gasteiger charge is -2.29. The highest BCUT2D eigenvalue weighted by molar-refractivity contribution is 5.16. The van der Waals surface area contributed by atoms with Gasteiger partial charge in [-0.25, -0.2) is 4.39 Å². The van der Waals surface area contributed by atoms with E-state index in [1.54, 1.807) is 12.1 Å². The van der Waals surface area contributed by atoms with Gasteiger partial charge in [0.25, 0.3) is 0 Å². The zero-order chi connectivity index (χ0) is 11.4. The lowest BCUT2D eigenvalue weighted by molar-refractivity contribution is 0.326. The van der Waals surface area contributed by atoms with Gasteiger partial charge < -0.3 is 11.1 Å². The van der Waals surface area contributed by atoms with Crippen molar-refractivity contribution in [3.63, 3.8) is 0 Å². The fourth-order valence-corrected chi connectivity index (χ4v) is 2.31. The van der Waals surface area contributed by atoms with Crippen molar-refractivity contribution >= 4 is 0 Å². The van der Waals surface area contributed by atoms with Crippen LogP contribution in [0.25, 0.3) is 0 Å². The SMILES string of the molecule is NC1CCCC[C@H]1NCc1cccc(F)c1. The molecule has 1 aliphatic carbocycles. The van der Waals surface area contributed by atoms with Crippen LogP contribution in [0.3, 0.4) is 0 Å². The molecule has 2 atom stereocenters. The Morgan fingerprint density at radius 2 is 2.12 bits per heavy atom. The second kappa shape index (κ2) is 5.41. The first-order valence-corrected chi connectivity index (χ1v) is 5.99. The number of nitrogens with two attached hydrogens (primary N) is 1. The minimum atomic E-state index is -0.174. The normalized spacial score (nSPS) is 25.6. The lowest BCUT2D eigenvalue weighted by Crippen LogP contribution is -2.46. The average molecular weight is 222 g/mol. The van der Waals surface area contributed by atoms with Crippen LogP contribution >= 0.6 is 0 Å². The first kappa shape index (κ1) is 11.6. The Kier molecular flexibility index (Phi) is 3.91. The highest BCUT2D eigenvalue weighted by Gasteiger charge is 2.20. The van der Waals surface area contributed by atoms with Crippen LogP contribution in [0.4, 0.5) is 4.39 Å². The number of halogens is 1. The van der Waals surface area contributed by atoms with E-state index in [4.69, 9.17) is 5.73 Å². The molecule has 3 heteroatoms. The van der Waals surface area contributed by atoms with Crippen molar-refractivity contribution in [1.82, 2.24) is 5.32 Å². The first-order valence-electron chi connectivity index (χ1n) is 5.99. The van der Waals surface area contributed by atoms with Gasteiger partial charge in [0, 0.05) is 18.6 Å². The van der Waals surface area contributed by atoms with Crippen LogP contribution in [0.1, 0.15) is 31.2 Å². The second-order valence-electron chi connectivity index (χ2n) is 4.57. The Bertz CT molecular complexity index is 340. The van der Waals surface area contributed by atoms with Gasteiger partial charge in [0.2, 0.25) is 0 Å². The first-order chi connectivity index (χ1) is 7.75. The number of hydrogen-bond donors (Lipinski definition) is 2. The summed E-state index contributed by atoms with van der Waals surface area (Å²) in [5.74, 6) is -0.174. The number of rotatable bonds is 3. The molecule has 0 radical (unpaired) electrons. The predicted molar refractivity (Wildman–Crippen MR) is 63.5 cm³/mol. The molecule has 1 unspecified atom stereocenters. The van der Waals surface area contributed by atoms with Crippen molar-refractivity contribution in [1.29, 1.82) is 0 Å². The topological polar surface area (TPSA) is 38.0 Å². The molecular weight excluding hydrogens is 203 g/mol. The highest BCUT2D eigenvalue weighted by Crippen LogP contribution is 2.17. The fraction of sp³-hybridized carbons (Fsp3) is 0.538. The molecular formula is C13H19FN2. The monoisotopic (exact) mass is 222 g/mol. The van der Waals surface area contributed by atoms with Gasteiger partial charge in [0.05, 0.1) is 0 Å². The summed E-state index contributed by atoms with van der Waals surface area (Å²) in [6.45, 7) is 0.704. The summed E-state index contributed by atoms with van der Waals surface area (Å²) >= 11 is 0. The average Bonchev–Trinajstić information content (AvgIpc) is 2.28. The van der Waals surface area contributed by atoms with E-state index in [2.05, 4.69) is 5.32 Å². The maximum atomic E-state index is 13.0. The van der Waals surface area contributed by atoms with E-state index in [0.717, 1.165) is 18.4 Å². The molecule has 1 saturated carbocycles. The summed E-state index contributed by atoms with van der Waals surface area (Å²) in [4.78, 5) is 0. The molecule has 1 aromatic carbocycles. The molecule has 0 heterocycles.